The van der Waals surface area contributed by atoms with Gasteiger partial charge >= 0.3 is 5.97 Å². The van der Waals surface area contributed by atoms with Crippen LogP contribution in [0.2, 0.25) is 0 Å². The third-order valence-corrected chi connectivity index (χ3v) is 4.26. The molecule has 6 nitrogen and oxygen atoms in total. The number of aromatic nitrogens is 2. The minimum Gasteiger partial charge on any atom is -0.468 e. The van der Waals surface area contributed by atoms with E-state index in [0.717, 1.165) is 16.3 Å². The number of methoxy groups -OCH3 is 1. The van der Waals surface area contributed by atoms with E-state index in [9.17, 15) is 9.59 Å². The fourth-order valence-corrected chi connectivity index (χ4v) is 2.96. The van der Waals surface area contributed by atoms with Gasteiger partial charge in [-0.15, -0.1) is 0 Å². The van der Waals surface area contributed by atoms with E-state index in [-0.39, 0.29) is 5.69 Å². The third kappa shape index (κ3) is 3.52. The lowest BCUT2D eigenvalue weighted by Gasteiger charge is -2.13. The number of rotatable bonds is 6. The maximum atomic E-state index is 12.2. The van der Waals surface area contributed by atoms with Crippen molar-refractivity contribution in [2.75, 3.05) is 7.11 Å². The lowest BCUT2D eigenvalue weighted by molar-refractivity contribution is -0.142. The third-order valence-electron chi connectivity index (χ3n) is 4.26. The van der Waals surface area contributed by atoms with Crippen LogP contribution in [0.1, 0.15) is 34.2 Å². The number of fused-ring (bicyclic) bond motifs is 1. The van der Waals surface area contributed by atoms with Gasteiger partial charge in [0, 0.05) is 0 Å². The van der Waals surface area contributed by atoms with Crippen LogP contribution in [0.3, 0.4) is 0 Å². The molecule has 0 aliphatic heterocycles. The fraction of sp³-hybridized carbons (Fsp3) is 0.211. The summed E-state index contributed by atoms with van der Waals surface area (Å²) >= 11 is 0. The number of hydrogen-bond acceptors (Lipinski definition) is 4. The molecule has 0 bridgehead atoms. The number of carbonyl (C=O) groups is 2. The second kappa shape index (κ2) is 7.17. The molecule has 1 amide bonds. The van der Waals surface area contributed by atoms with E-state index in [2.05, 4.69) is 28.2 Å². The molecule has 1 heterocycles. The quantitative estimate of drug-likeness (QED) is 0.675. The standard InChI is InChI=1S/C19H19N3O3/c1-25-19(24)15(18-21-11-16(22-18)17(20)23)10-9-13-7-4-6-12-5-2-3-8-14(12)13/h2-8,11,15H,9-10H2,1H3,(H2,20,23)(H,21,22). The van der Waals surface area contributed by atoms with E-state index >= 15 is 0 Å². The van der Waals surface area contributed by atoms with Gasteiger partial charge in [-0.05, 0) is 29.2 Å². The summed E-state index contributed by atoms with van der Waals surface area (Å²) in [5.74, 6) is -1.21. The monoisotopic (exact) mass is 337 g/mol. The van der Waals surface area contributed by atoms with Gasteiger partial charge in [0.2, 0.25) is 0 Å². The number of nitrogens with zero attached hydrogens (tertiary/aromatic N) is 1. The summed E-state index contributed by atoms with van der Waals surface area (Å²) in [5.41, 5.74) is 6.56. The molecule has 1 atom stereocenters. The zero-order valence-electron chi connectivity index (χ0n) is 13.9. The Labute approximate surface area is 145 Å². The van der Waals surface area contributed by atoms with Crippen molar-refractivity contribution in [3.05, 3.63) is 65.7 Å². The number of primary amides is 1. The van der Waals surface area contributed by atoms with Crippen molar-refractivity contribution in [2.24, 2.45) is 5.73 Å². The van der Waals surface area contributed by atoms with E-state index in [1.54, 1.807) is 0 Å². The molecule has 1 unspecified atom stereocenters. The lowest BCUT2D eigenvalue weighted by atomic mass is 9.95. The molecule has 1 aromatic heterocycles. The maximum Gasteiger partial charge on any atom is 0.316 e. The Balaban J connectivity index is 1.85. The van der Waals surface area contributed by atoms with Crippen LogP contribution in [-0.4, -0.2) is 29.0 Å². The molecule has 3 rings (SSSR count). The Morgan fingerprint density at radius 2 is 1.96 bits per heavy atom. The summed E-state index contributed by atoms with van der Waals surface area (Å²) in [7, 11) is 1.34. The number of aromatic amines is 1. The molecular formula is C19H19N3O3. The van der Waals surface area contributed by atoms with E-state index in [1.807, 2.05) is 24.3 Å². The summed E-state index contributed by atoms with van der Waals surface area (Å²) in [6.45, 7) is 0. The SMILES string of the molecule is COC(=O)C(CCc1cccc2ccccc12)c1ncc(C(N)=O)[nH]1. The first kappa shape index (κ1) is 16.7. The molecule has 0 fully saturated rings. The largest absolute Gasteiger partial charge is 0.468 e. The molecule has 0 spiro atoms. The molecule has 0 saturated heterocycles. The number of nitrogens with two attached hydrogens (primary N) is 1. The smallest absolute Gasteiger partial charge is 0.316 e. The molecule has 2 aromatic carbocycles. The zero-order valence-corrected chi connectivity index (χ0v) is 13.9. The van der Waals surface area contributed by atoms with Crippen molar-refractivity contribution in [3.8, 4) is 0 Å². The maximum absolute atomic E-state index is 12.2. The number of H-pyrrole nitrogens is 1. The molecule has 0 aliphatic carbocycles. The van der Waals surface area contributed by atoms with Crippen LogP contribution < -0.4 is 5.73 Å². The molecule has 0 radical (unpaired) electrons. The summed E-state index contributed by atoms with van der Waals surface area (Å²) in [4.78, 5) is 30.4. The van der Waals surface area contributed by atoms with Gasteiger partial charge in [0.05, 0.1) is 13.3 Å². The number of amides is 1. The summed E-state index contributed by atoms with van der Waals surface area (Å²) < 4.78 is 4.90. The molecule has 3 aromatic rings. The van der Waals surface area contributed by atoms with Gasteiger partial charge in [-0.3, -0.25) is 9.59 Å². The minimum absolute atomic E-state index is 0.175. The number of benzene rings is 2. The number of imidazole rings is 1. The van der Waals surface area contributed by atoms with Crippen LogP contribution in [0, 0.1) is 0 Å². The zero-order chi connectivity index (χ0) is 17.8. The van der Waals surface area contributed by atoms with Gasteiger partial charge in [-0.1, -0.05) is 42.5 Å². The van der Waals surface area contributed by atoms with Crippen molar-refractivity contribution in [3.63, 3.8) is 0 Å². The fourth-order valence-electron chi connectivity index (χ4n) is 2.96. The van der Waals surface area contributed by atoms with Gasteiger partial charge in [0.1, 0.15) is 17.4 Å². The van der Waals surface area contributed by atoms with E-state index in [0.29, 0.717) is 18.7 Å². The normalized spacial score (nSPS) is 12.0. The van der Waals surface area contributed by atoms with E-state index in [4.69, 9.17) is 10.5 Å². The second-order valence-electron chi connectivity index (χ2n) is 5.80. The van der Waals surface area contributed by atoms with Gasteiger partial charge < -0.3 is 15.5 Å². The number of ether oxygens (including phenoxy) is 1. The predicted octanol–water partition coefficient (Wildman–Crippen LogP) is 2.55. The van der Waals surface area contributed by atoms with Gasteiger partial charge in [0.15, 0.2) is 0 Å². The Morgan fingerprint density at radius 1 is 1.20 bits per heavy atom. The van der Waals surface area contributed by atoms with Crippen LogP contribution in [-0.2, 0) is 16.0 Å². The summed E-state index contributed by atoms with van der Waals surface area (Å²) in [6.07, 6.45) is 2.52. The minimum atomic E-state index is -0.614. The van der Waals surface area contributed by atoms with Gasteiger partial charge in [-0.2, -0.15) is 0 Å². The van der Waals surface area contributed by atoms with Crippen LogP contribution in [0.25, 0.3) is 10.8 Å². The van der Waals surface area contributed by atoms with Crippen LogP contribution >= 0.6 is 0 Å². The average molecular weight is 337 g/mol. The Morgan fingerprint density at radius 3 is 2.68 bits per heavy atom. The number of esters is 1. The summed E-state index contributed by atoms with van der Waals surface area (Å²) in [6, 6.07) is 14.2. The highest BCUT2D eigenvalue weighted by atomic mass is 16.5. The highest BCUT2D eigenvalue weighted by Gasteiger charge is 2.25. The van der Waals surface area contributed by atoms with Crippen LogP contribution in [0.15, 0.2) is 48.7 Å². The van der Waals surface area contributed by atoms with Crippen molar-refractivity contribution in [1.82, 2.24) is 9.97 Å². The second-order valence-corrected chi connectivity index (χ2v) is 5.80. The van der Waals surface area contributed by atoms with E-state index in [1.165, 1.54) is 13.3 Å². The predicted molar refractivity (Wildman–Crippen MR) is 94.1 cm³/mol. The topological polar surface area (TPSA) is 98.1 Å². The summed E-state index contributed by atoms with van der Waals surface area (Å²) in [5, 5.41) is 2.31. The number of nitrogens with one attached hydrogen (secondary N) is 1. The number of aryl methyl sites for hydroxylation is 1. The average Bonchev–Trinajstić information content (AvgIpc) is 3.12. The molecule has 6 heteroatoms. The van der Waals surface area contributed by atoms with Crippen molar-refractivity contribution in [2.45, 2.75) is 18.8 Å². The number of carbonyl (C=O) groups excluding carboxylic acids is 2. The highest BCUT2D eigenvalue weighted by Crippen LogP contribution is 2.25. The van der Waals surface area contributed by atoms with Gasteiger partial charge in [0.25, 0.3) is 5.91 Å². The Kier molecular flexibility index (Phi) is 4.79. The van der Waals surface area contributed by atoms with E-state index < -0.39 is 17.8 Å². The van der Waals surface area contributed by atoms with Crippen LogP contribution in [0.5, 0.6) is 0 Å². The number of hydrogen-bond donors (Lipinski definition) is 2. The molecule has 0 aliphatic rings. The Hall–Kier alpha value is -3.15. The molecular weight excluding hydrogens is 318 g/mol. The molecule has 128 valence electrons. The Bertz CT molecular complexity index is 912. The molecule has 0 saturated carbocycles. The molecule has 3 N–H and O–H groups in total. The highest BCUT2D eigenvalue weighted by molar-refractivity contribution is 5.90. The molecule has 25 heavy (non-hydrogen) atoms. The van der Waals surface area contributed by atoms with Crippen LogP contribution in [0.4, 0.5) is 0 Å². The van der Waals surface area contributed by atoms with Crippen molar-refractivity contribution < 1.29 is 14.3 Å². The first-order chi connectivity index (χ1) is 12.1. The van der Waals surface area contributed by atoms with Crippen molar-refractivity contribution in [1.29, 1.82) is 0 Å². The first-order valence-corrected chi connectivity index (χ1v) is 7.99. The first-order valence-electron chi connectivity index (χ1n) is 7.99. The van der Waals surface area contributed by atoms with Crippen molar-refractivity contribution >= 4 is 22.6 Å². The lowest BCUT2D eigenvalue weighted by Crippen LogP contribution is -2.17. The van der Waals surface area contributed by atoms with Gasteiger partial charge in [-0.25, -0.2) is 4.98 Å².